The number of fused-ring (bicyclic) bond motifs is 6. The number of hydrogen-bond donors (Lipinski definition) is 0. The van der Waals surface area contributed by atoms with Gasteiger partial charge in [-0.05, 0) is 81.1 Å². The molecule has 4 heteroatoms. The minimum atomic E-state index is 0.673. The van der Waals surface area contributed by atoms with Gasteiger partial charge in [-0.2, -0.15) is 0 Å². The van der Waals surface area contributed by atoms with Crippen LogP contribution in [0.1, 0.15) is 0 Å². The van der Waals surface area contributed by atoms with E-state index in [1.807, 2.05) is 36.5 Å². The van der Waals surface area contributed by atoms with E-state index >= 15 is 0 Å². The maximum atomic E-state index is 6.15. The molecule has 10 rings (SSSR count). The number of para-hydroxylation sites is 1. The van der Waals surface area contributed by atoms with Crippen molar-refractivity contribution in [3.8, 4) is 67.3 Å². The van der Waals surface area contributed by atoms with E-state index in [2.05, 4.69) is 114 Å². The van der Waals surface area contributed by atoms with Crippen molar-refractivity contribution in [2.24, 2.45) is 0 Å². The van der Waals surface area contributed by atoms with Crippen LogP contribution in [0.15, 0.2) is 156 Å². The highest BCUT2D eigenvalue weighted by Gasteiger charge is 2.23. The molecule has 0 N–H and O–H groups in total. The summed E-state index contributed by atoms with van der Waals surface area (Å²) in [5.74, 6) is 0.673. The Balaban J connectivity index is 1.21. The molecule has 0 saturated heterocycles. The van der Waals surface area contributed by atoms with Crippen molar-refractivity contribution >= 4 is 32.7 Å². The number of aromatic nitrogens is 3. The lowest BCUT2D eigenvalue weighted by Gasteiger charge is -2.13. The Labute approximate surface area is 270 Å². The molecule has 0 unspecified atom stereocenters. The van der Waals surface area contributed by atoms with Crippen molar-refractivity contribution in [3.63, 3.8) is 0 Å². The second-order valence-electron chi connectivity index (χ2n) is 12.0. The van der Waals surface area contributed by atoms with Crippen LogP contribution in [0.5, 0.6) is 0 Å². The number of furan rings is 1. The second kappa shape index (κ2) is 10.1. The predicted molar refractivity (Wildman–Crippen MR) is 191 cm³/mol. The highest BCUT2D eigenvalue weighted by atomic mass is 16.3. The van der Waals surface area contributed by atoms with Crippen molar-refractivity contribution in [1.82, 2.24) is 15.0 Å². The first-order valence-electron chi connectivity index (χ1n) is 15.8. The van der Waals surface area contributed by atoms with Crippen LogP contribution in [0.3, 0.4) is 0 Å². The fraction of sp³-hybridized carbons (Fsp3) is 0. The average molecular weight is 600 g/mol. The first kappa shape index (κ1) is 25.9. The molecule has 4 nitrogen and oxygen atoms in total. The molecular formula is C43H25N3O. The van der Waals surface area contributed by atoms with Gasteiger partial charge in [0.05, 0.1) is 11.4 Å². The Morgan fingerprint density at radius 2 is 1.11 bits per heavy atom. The van der Waals surface area contributed by atoms with E-state index in [1.165, 1.54) is 33.0 Å². The summed E-state index contributed by atoms with van der Waals surface area (Å²) in [5, 5.41) is 4.63. The first-order valence-corrected chi connectivity index (χ1v) is 15.8. The molecule has 1 aliphatic carbocycles. The summed E-state index contributed by atoms with van der Waals surface area (Å²) in [6.07, 6.45) is 3.68. The van der Waals surface area contributed by atoms with E-state index in [9.17, 15) is 0 Å². The molecule has 0 amide bonds. The Bertz CT molecular complexity index is 2660. The lowest BCUT2D eigenvalue weighted by Crippen LogP contribution is -1.97. The molecular weight excluding hydrogens is 574 g/mol. The molecule has 0 bridgehead atoms. The molecule has 218 valence electrons. The van der Waals surface area contributed by atoms with Crippen LogP contribution in [-0.4, -0.2) is 15.0 Å². The first-order chi connectivity index (χ1) is 23.3. The van der Waals surface area contributed by atoms with Crippen molar-refractivity contribution < 1.29 is 4.42 Å². The lowest BCUT2D eigenvalue weighted by molar-refractivity contribution is 0.669. The molecule has 0 aliphatic heterocycles. The van der Waals surface area contributed by atoms with Gasteiger partial charge in [0.15, 0.2) is 5.82 Å². The van der Waals surface area contributed by atoms with Gasteiger partial charge in [-0.15, -0.1) is 0 Å². The lowest BCUT2D eigenvalue weighted by atomic mass is 9.96. The summed E-state index contributed by atoms with van der Waals surface area (Å²) in [5.41, 5.74) is 13.7. The number of benzene rings is 6. The van der Waals surface area contributed by atoms with E-state index in [0.717, 1.165) is 61.1 Å². The number of hydrogen-bond acceptors (Lipinski definition) is 4. The molecule has 0 radical (unpaired) electrons. The summed E-state index contributed by atoms with van der Waals surface area (Å²) in [6.45, 7) is 0. The average Bonchev–Trinajstić information content (AvgIpc) is 3.68. The van der Waals surface area contributed by atoms with Crippen LogP contribution in [0.25, 0.3) is 100.0 Å². The van der Waals surface area contributed by atoms with Crippen LogP contribution >= 0.6 is 0 Å². The predicted octanol–water partition coefficient (Wildman–Crippen LogP) is 11.2. The standard InChI is InChI=1S/C43H25N3O/c1-2-12-31-30(11-1)34-14-6-15-35-32(18-19-36(31)42(34)35)39-24-38(27-17-20-41-37(23-27)33-13-3-4-16-40(33)47-41)45-43(46-39)28-9-5-8-26(22-28)29-10-7-21-44-25-29/h1-25H. The smallest absolute Gasteiger partial charge is 0.160 e. The van der Waals surface area contributed by atoms with E-state index < -0.39 is 0 Å². The molecule has 47 heavy (non-hydrogen) atoms. The molecule has 0 saturated carbocycles. The maximum Gasteiger partial charge on any atom is 0.160 e. The van der Waals surface area contributed by atoms with Gasteiger partial charge in [-0.3, -0.25) is 4.98 Å². The zero-order chi connectivity index (χ0) is 30.9. The van der Waals surface area contributed by atoms with Crippen LogP contribution in [0.2, 0.25) is 0 Å². The molecule has 0 spiro atoms. The van der Waals surface area contributed by atoms with Crippen molar-refractivity contribution in [2.45, 2.75) is 0 Å². The summed E-state index contributed by atoms with van der Waals surface area (Å²) in [6, 6.07) is 48.8. The van der Waals surface area contributed by atoms with Gasteiger partial charge in [0, 0.05) is 45.4 Å². The molecule has 3 aromatic heterocycles. The quantitative estimate of drug-likeness (QED) is 0.202. The van der Waals surface area contributed by atoms with Crippen LogP contribution < -0.4 is 0 Å². The molecule has 6 aromatic carbocycles. The Morgan fingerprint density at radius 1 is 0.404 bits per heavy atom. The Hall–Kier alpha value is -6.39. The third kappa shape index (κ3) is 4.05. The molecule has 0 atom stereocenters. The molecule has 3 heterocycles. The van der Waals surface area contributed by atoms with Crippen LogP contribution in [-0.2, 0) is 0 Å². The second-order valence-corrected chi connectivity index (χ2v) is 12.0. The largest absolute Gasteiger partial charge is 0.456 e. The third-order valence-electron chi connectivity index (χ3n) is 9.34. The summed E-state index contributed by atoms with van der Waals surface area (Å²) in [7, 11) is 0. The monoisotopic (exact) mass is 599 g/mol. The van der Waals surface area contributed by atoms with E-state index in [4.69, 9.17) is 14.4 Å². The zero-order valence-corrected chi connectivity index (χ0v) is 25.2. The highest BCUT2D eigenvalue weighted by Crippen LogP contribution is 2.49. The SMILES string of the molecule is c1cncc(-c2cccc(-c3nc(-c4ccc5oc6ccccc6c5c4)cc(-c4ccc5c6c(cccc46)-c4ccccc4-5)n3)c2)c1. The fourth-order valence-corrected chi connectivity index (χ4v) is 7.15. The minimum absolute atomic E-state index is 0.673. The number of rotatable bonds is 4. The van der Waals surface area contributed by atoms with Crippen LogP contribution in [0.4, 0.5) is 0 Å². The molecule has 9 aromatic rings. The summed E-state index contributed by atoms with van der Waals surface area (Å²) >= 11 is 0. The number of pyridine rings is 1. The topological polar surface area (TPSA) is 51.8 Å². The normalized spacial score (nSPS) is 11.8. The Kier molecular flexibility index (Phi) is 5.54. The van der Waals surface area contributed by atoms with Gasteiger partial charge in [0.25, 0.3) is 0 Å². The van der Waals surface area contributed by atoms with Crippen molar-refractivity contribution in [3.05, 3.63) is 152 Å². The fourth-order valence-electron chi connectivity index (χ4n) is 7.15. The van der Waals surface area contributed by atoms with E-state index in [1.54, 1.807) is 6.20 Å². The molecule has 1 aliphatic rings. The highest BCUT2D eigenvalue weighted by molar-refractivity contribution is 6.18. The van der Waals surface area contributed by atoms with Gasteiger partial charge in [0.2, 0.25) is 0 Å². The van der Waals surface area contributed by atoms with Gasteiger partial charge >= 0.3 is 0 Å². The molecule has 0 fully saturated rings. The van der Waals surface area contributed by atoms with Gasteiger partial charge in [-0.25, -0.2) is 9.97 Å². The summed E-state index contributed by atoms with van der Waals surface area (Å²) < 4.78 is 6.15. The van der Waals surface area contributed by atoms with Gasteiger partial charge in [0.1, 0.15) is 11.2 Å². The summed E-state index contributed by atoms with van der Waals surface area (Å²) in [4.78, 5) is 14.8. The minimum Gasteiger partial charge on any atom is -0.456 e. The van der Waals surface area contributed by atoms with E-state index in [0.29, 0.717) is 5.82 Å². The third-order valence-corrected chi connectivity index (χ3v) is 9.34. The number of nitrogens with zero attached hydrogens (tertiary/aromatic N) is 3. The zero-order valence-electron chi connectivity index (χ0n) is 25.2. The van der Waals surface area contributed by atoms with Gasteiger partial charge in [-0.1, -0.05) is 97.1 Å². The van der Waals surface area contributed by atoms with Crippen molar-refractivity contribution in [1.29, 1.82) is 0 Å². The van der Waals surface area contributed by atoms with Gasteiger partial charge < -0.3 is 4.42 Å². The Morgan fingerprint density at radius 3 is 2.00 bits per heavy atom. The van der Waals surface area contributed by atoms with Crippen molar-refractivity contribution in [2.75, 3.05) is 0 Å². The van der Waals surface area contributed by atoms with E-state index in [-0.39, 0.29) is 0 Å². The van der Waals surface area contributed by atoms with Crippen LogP contribution in [0, 0.1) is 0 Å². The maximum absolute atomic E-state index is 6.15.